The molecular weight excluding hydrogens is 386 g/mol. The molecule has 5 fully saturated rings. The van der Waals surface area contributed by atoms with Gasteiger partial charge in [0.1, 0.15) is 5.76 Å². The van der Waals surface area contributed by atoms with Crippen molar-refractivity contribution in [2.75, 3.05) is 27.4 Å². The minimum Gasteiger partial charge on any atom is -0.492 e. The number of ether oxygens (including phenoxy) is 5. The fourth-order valence-corrected chi connectivity index (χ4v) is 7.83. The van der Waals surface area contributed by atoms with Gasteiger partial charge < -0.3 is 23.7 Å². The number of piperidine rings is 1. The molecule has 0 amide bonds. The van der Waals surface area contributed by atoms with Crippen molar-refractivity contribution in [3.8, 4) is 0 Å². The van der Waals surface area contributed by atoms with E-state index in [9.17, 15) is 4.79 Å². The van der Waals surface area contributed by atoms with Crippen molar-refractivity contribution in [3.05, 3.63) is 22.9 Å². The first kappa shape index (κ1) is 19.1. The minimum atomic E-state index is -0.592. The van der Waals surface area contributed by atoms with E-state index < -0.39 is 5.79 Å². The zero-order valence-electron chi connectivity index (χ0n) is 18.2. The van der Waals surface area contributed by atoms with Gasteiger partial charge in [-0.1, -0.05) is 6.92 Å². The number of hydrogen-bond acceptors (Lipinski definition) is 7. The van der Waals surface area contributed by atoms with Gasteiger partial charge in [-0.2, -0.15) is 0 Å². The third kappa shape index (κ3) is 2.00. The Kier molecular flexibility index (Phi) is 3.98. The monoisotopic (exact) mass is 417 g/mol. The van der Waals surface area contributed by atoms with Crippen molar-refractivity contribution < 1.29 is 28.5 Å². The van der Waals surface area contributed by atoms with Gasteiger partial charge in [0.2, 0.25) is 11.5 Å². The standard InChI is InChI=1S/C23H31NO6/c1-12-17-14-11-16-22(8-5-6-10-26-3)15(7-9-24(14)22)23(17,29-16)30-19(12)20-18(27-4)13(2)21(25)28-20/h12,14-17H,5-11H2,1-4H3/b20-19-/t12-,14?,15?,16?,17?,22?,23-/m1/s1. The first-order valence-electron chi connectivity index (χ1n) is 11.3. The molecule has 8 atom stereocenters. The van der Waals surface area contributed by atoms with Crippen LogP contribution in [0.25, 0.3) is 0 Å². The maximum Gasteiger partial charge on any atom is 0.343 e. The predicted octanol–water partition coefficient (Wildman–Crippen LogP) is 2.72. The lowest BCUT2D eigenvalue weighted by Gasteiger charge is -2.48. The molecule has 7 heteroatoms. The number of carbonyl (C=O) groups is 1. The summed E-state index contributed by atoms with van der Waals surface area (Å²) >= 11 is 0. The maximum absolute atomic E-state index is 12.2. The SMILES string of the molecule is COCCCCC12C3CC4C5[C@@H](C)/C(=C6/OC(=O)C(C)=C6OC)O[C@]5(O3)C1CCN42. The fraction of sp³-hybridized carbons (Fsp3) is 0.783. The van der Waals surface area contributed by atoms with Crippen LogP contribution in [0.2, 0.25) is 0 Å². The van der Waals surface area contributed by atoms with Crippen molar-refractivity contribution in [2.45, 2.75) is 69.4 Å². The molecular formula is C23H31NO6. The summed E-state index contributed by atoms with van der Waals surface area (Å²) in [6.45, 7) is 5.88. The van der Waals surface area contributed by atoms with Gasteiger partial charge in [0.05, 0.1) is 30.2 Å². The molecule has 6 rings (SSSR count). The van der Waals surface area contributed by atoms with E-state index in [0.29, 0.717) is 29.1 Å². The van der Waals surface area contributed by atoms with Crippen LogP contribution >= 0.6 is 0 Å². The quantitative estimate of drug-likeness (QED) is 0.486. The number of unbranched alkanes of at least 4 members (excludes halogenated alkanes) is 1. The highest BCUT2D eigenvalue weighted by Crippen LogP contribution is 2.73. The van der Waals surface area contributed by atoms with Gasteiger partial charge in [0.25, 0.3) is 0 Å². The number of nitrogens with zero attached hydrogens (tertiary/aromatic N) is 1. The van der Waals surface area contributed by atoms with Gasteiger partial charge in [-0.15, -0.1) is 0 Å². The molecule has 0 N–H and O–H groups in total. The van der Waals surface area contributed by atoms with Crippen molar-refractivity contribution in [2.24, 2.45) is 17.8 Å². The van der Waals surface area contributed by atoms with E-state index in [1.54, 1.807) is 21.1 Å². The van der Waals surface area contributed by atoms with Crippen LogP contribution in [-0.2, 0) is 28.5 Å². The number of methoxy groups -OCH3 is 2. The van der Waals surface area contributed by atoms with Gasteiger partial charge >= 0.3 is 5.97 Å². The summed E-state index contributed by atoms with van der Waals surface area (Å²) < 4.78 is 30.0. The lowest BCUT2D eigenvalue weighted by atomic mass is 9.69. The maximum atomic E-state index is 12.2. The third-order valence-electron chi connectivity index (χ3n) is 8.77. The lowest BCUT2D eigenvalue weighted by molar-refractivity contribution is -0.256. The second-order valence-corrected chi connectivity index (χ2v) is 9.76. The summed E-state index contributed by atoms with van der Waals surface area (Å²) in [6.07, 6.45) is 5.78. The molecule has 5 saturated heterocycles. The molecule has 0 aromatic rings. The Bertz CT molecular complexity index is 866. The second kappa shape index (κ2) is 6.24. The lowest BCUT2D eigenvalue weighted by Crippen LogP contribution is -2.61. The molecule has 0 radical (unpaired) electrons. The van der Waals surface area contributed by atoms with Crippen LogP contribution < -0.4 is 0 Å². The molecule has 30 heavy (non-hydrogen) atoms. The molecule has 6 unspecified atom stereocenters. The second-order valence-electron chi connectivity index (χ2n) is 9.76. The summed E-state index contributed by atoms with van der Waals surface area (Å²) in [6, 6.07) is 0.464. The Hall–Kier alpha value is -1.57. The molecule has 164 valence electrons. The first-order chi connectivity index (χ1) is 14.5. The molecule has 1 spiro atoms. The molecule has 0 aromatic heterocycles. The van der Waals surface area contributed by atoms with Crippen LogP contribution in [0.1, 0.15) is 46.0 Å². The van der Waals surface area contributed by atoms with E-state index in [4.69, 9.17) is 23.7 Å². The fourth-order valence-electron chi connectivity index (χ4n) is 7.83. The highest BCUT2D eigenvalue weighted by molar-refractivity contribution is 5.93. The smallest absolute Gasteiger partial charge is 0.343 e. The van der Waals surface area contributed by atoms with Gasteiger partial charge in [0.15, 0.2) is 5.76 Å². The Morgan fingerprint density at radius 2 is 2.10 bits per heavy atom. The molecule has 6 heterocycles. The van der Waals surface area contributed by atoms with Crippen molar-refractivity contribution in [1.82, 2.24) is 4.90 Å². The number of cyclic esters (lactones) is 1. The highest BCUT2D eigenvalue weighted by Gasteiger charge is 2.84. The summed E-state index contributed by atoms with van der Waals surface area (Å²) in [7, 11) is 3.35. The van der Waals surface area contributed by atoms with E-state index in [2.05, 4.69) is 11.8 Å². The molecule has 7 nitrogen and oxygen atoms in total. The average molecular weight is 418 g/mol. The molecule has 6 aliphatic rings. The summed E-state index contributed by atoms with van der Waals surface area (Å²) in [5, 5.41) is 0. The summed E-state index contributed by atoms with van der Waals surface area (Å²) in [4.78, 5) is 15.0. The predicted molar refractivity (Wildman–Crippen MR) is 106 cm³/mol. The largest absolute Gasteiger partial charge is 0.492 e. The Morgan fingerprint density at radius 1 is 1.27 bits per heavy atom. The van der Waals surface area contributed by atoms with Crippen molar-refractivity contribution in [1.29, 1.82) is 0 Å². The number of fused-ring (bicyclic) bond motifs is 1. The molecule has 0 aliphatic carbocycles. The van der Waals surface area contributed by atoms with Crippen molar-refractivity contribution >= 4 is 5.97 Å². The topological polar surface area (TPSA) is 66.5 Å². The van der Waals surface area contributed by atoms with Gasteiger partial charge in [-0.25, -0.2) is 4.79 Å². The molecule has 0 aromatic carbocycles. The number of esters is 1. The van der Waals surface area contributed by atoms with E-state index in [0.717, 1.165) is 51.0 Å². The molecule has 5 bridgehead atoms. The van der Waals surface area contributed by atoms with Crippen LogP contribution in [0.5, 0.6) is 0 Å². The third-order valence-corrected chi connectivity index (χ3v) is 8.77. The molecule has 0 saturated carbocycles. The van der Waals surface area contributed by atoms with Crippen LogP contribution in [-0.4, -0.2) is 61.7 Å². The zero-order chi connectivity index (χ0) is 20.8. The normalized spacial score (nSPS) is 49.8. The average Bonchev–Trinajstić information content (AvgIpc) is 3.43. The van der Waals surface area contributed by atoms with E-state index in [-0.39, 0.29) is 29.4 Å². The van der Waals surface area contributed by atoms with Crippen molar-refractivity contribution in [3.63, 3.8) is 0 Å². The van der Waals surface area contributed by atoms with Crippen LogP contribution in [0.15, 0.2) is 22.9 Å². The zero-order valence-corrected chi connectivity index (χ0v) is 18.2. The summed E-state index contributed by atoms with van der Waals surface area (Å²) in [5.74, 6) is 1.47. The Labute approximate surface area is 177 Å². The number of hydrogen-bond donors (Lipinski definition) is 0. The Balaban J connectivity index is 1.38. The minimum absolute atomic E-state index is 0.0942. The van der Waals surface area contributed by atoms with Gasteiger partial charge in [0, 0.05) is 31.6 Å². The van der Waals surface area contributed by atoms with Gasteiger partial charge in [-0.05, 0) is 45.6 Å². The van der Waals surface area contributed by atoms with Crippen LogP contribution in [0.4, 0.5) is 0 Å². The number of carbonyl (C=O) groups excluding carboxylic acids is 1. The van der Waals surface area contributed by atoms with Crippen LogP contribution in [0.3, 0.4) is 0 Å². The van der Waals surface area contributed by atoms with Crippen LogP contribution in [0, 0.1) is 17.8 Å². The van der Waals surface area contributed by atoms with E-state index >= 15 is 0 Å². The van der Waals surface area contributed by atoms with E-state index in [1.807, 2.05) is 0 Å². The molecule has 6 aliphatic heterocycles. The number of allylic oxidation sites excluding steroid dienone is 1. The summed E-state index contributed by atoms with van der Waals surface area (Å²) in [5.41, 5.74) is 0.592. The highest BCUT2D eigenvalue weighted by atomic mass is 16.7. The van der Waals surface area contributed by atoms with Gasteiger partial charge in [-0.3, -0.25) is 4.90 Å². The first-order valence-corrected chi connectivity index (χ1v) is 11.3. The van der Waals surface area contributed by atoms with E-state index in [1.165, 1.54) is 0 Å². The Morgan fingerprint density at radius 3 is 2.87 bits per heavy atom. The number of rotatable bonds is 6.